The van der Waals surface area contributed by atoms with Gasteiger partial charge in [-0.15, -0.1) is 0 Å². The first-order chi connectivity index (χ1) is 15.4. The molecule has 0 spiro atoms. The Labute approximate surface area is 185 Å². The van der Waals surface area contributed by atoms with Crippen LogP contribution in [0.3, 0.4) is 0 Å². The summed E-state index contributed by atoms with van der Waals surface area (Å²) in [7, 11) is 6.15. The second-order valence-corrected chi connectivity index (χ2v) is 6.81. The maximum atomic E-state index is 12.3. The number of anilines is 1. The van der Waals surface area contributed by atoms with E-state index in [-0.39, 0.29) is 5.82 Å². The molecule has 0 unspecified atom stereocenters. The highest BCUT2D eigenvalue weighted by atomic mass is 16.5. The Kier molecular flexibility index (Phi) is 6.67. The van der Waals surface area contributed by atoms with Crippen LogP contribution in [0.1, 0.15) is 13.8 Å². The predicted octanol–water partition coefficient (Wildman–Crippen LogP) is 3.68. The molecular formula is C23H25N3O6. The molecule has 0 atom stereocenters. The molecule has 32 heavy (non-hydrogen) atoms. The van der Waals surface area contributed by atoms with Gasteiger partial charge in [0, 0.05) is 19.4 Å². The number of carbonyl (C=O) groups is 2. The van der Waals surface area contributed by atoms with Gasteiger partial charge in [-0.2, -0.15) is 5.10 Å². The zero-order valence-electron chi connectivity index (χ0n) is 18.8. The average Bonchev–Trinajstić information content (AvgIpc) is 3.21. The van der Waals surface area contributed by atoms with Gasteiger partial charge in [-0.25, -0.2) is 4.90 Å². The van der Waals surface area contributed by atoms with Crippen LogP contribution in [0, 0.1) is 0 Å². The number of methoxy groups -OCH3 is 4. The molecule has 2 amide bonds. The maximum Gasteiger partial charge on any atom is 0.231 e. The Morgan fingerprint density at radius 1 is 0.812 bits per heavy atom. The Morgan fingerprint density at radius 3 is 1.81 bits per heavy atom. The van der Waals surface area contributed by atoms with E-state index in [0.717, 1.165) is 10.5 Å². The van der Waals surface area contributed by atoms with Crippen LogP contribution < -0.4 is 23.8 Å². The number of amides is 2. The van der Waals surface area contributed by atoms with Crippen molar-refractivity contribution >= 4 is 17.6 Å². The van der Waals surface area contributed by atoms with Crippen LogP contribution in [0.15, 0.2) is 36.4 Å². The van der Waals surface area contributed by atoms with E-state index in [1.54, 1.807) is 31.4 Å². The van der Waals surface area contributed by atoms with Crippen LogP contribution in [0.5, 0.6) is 23.0 Å². The summed E-state index contributed by atoms with van der Waals surface area (Å²) in [5.41, 5.74) is 2.52. The van der Waals surface area contributed by atoms with E-state index < -0.39 is 11.8 Å². The summed E-state index contributed by atoms with van der Waals surface area (Å²) in [6.07, 6.45) is 0. The number of aromatic amines is 1. The fourth-order valence-corrected chi connectivity index (χ4v) is 3.48. The van der Waals surface area contributed by atoms with Gasteiger partial charge in [0.05, 0.1) is 39.7 Å². The van der Waals surface area contributed by atoms with Crippen LogP contribution in [-0.4, -0.2) is 50.5 Å². The molecule has 1 heterocycles. The second kappa shape index (κ2) is 9.42. The molecule has 168 valence electrons. The van der Waals surface area contributed by atoms with E-state index in [1.807, 2.05) is 12.1 Å². The van der Waals surface area contributed by atoms with Gasteiger partial charge in [-0.3, -0.25) is 14.7 Å². The Hall–Kier alpha value is -4.01. The molecule has 3 rings (SSSR count). The van der Waals surface area contributed by atoms with E-state index in [4.69, 9.17) is 18.9 Å². The van der Waals surface area contributed by atoms with Crippen LogP contribution in [0.2, 0.25) is 0 Å². The lowest BCUT2D eigenvalue weighted by Crippen LogP contribution is -2.33. The number of carbonyl (C=O) groups excluding carboxylic acids is 2. The van der Waals surface area contributed by atoms with Crippen molar-refractivity contribution in [2.75, 3.05) is 33.3 Å². The number of nitrogens with zero attached hydrogens (tertiary/aromatic N) is 2. The van der Waals surface area contributed by atoms with Crippen molar-refractivity contribution in [2.45, 2.75) is 13.8 Å². The Bertz CT molecular complexity index is 1100. The molecule has 9 nitrogen and oxygen atoms in total. The first-order valence-electron chi connectivity index (χ1n) is 9.70. The van der Waals surface area contributed by atoms with Gasteiger partial charge in [-0.05, 0) is 29.8 Å². The summed E-state index contributed by atoms with van der Waals surface area (Å²) >= 11 is 0. The van der Waals surface area contributed by atoms with Gasteiger partial charge >= 0.3 is 0 Å². The standard InChI is InChI=1S/C23H25N3O6/c1-13(27)26(14(2)28)23-20(15-7-9-17(29-3)10-8-15)21(24-25-23)16-11-18(30-4)22(32-6)19(12-16)31-5/h7-12H,1-6H3,(H,24,25). The number of benzene rings is 2. The highest BCUT2D eigenvalue weighted by molar-refractivity contribution is 6.15. The van der Waals surface area contributed by atoms with E-state index >= 15 is 0 Å². The fraction of sp³-hybridized carbons (Fsp3) is 0.261. The maximum absolute atomic E-state index is 12.3. The highest BCUT2D eigenvalue weighted by Gasteiger charge is 2.27. The van der Waals surface area contributed by atoms with Crippen molar-refractivity contribution in [3.63, 3.8) is 0 Å². The molecule has 3 aromatic rings. The van der Waals surface area contributed by atoms with E-state index in [1.165, 1.54) is 35.2 Å². The van der Waals surface area contributed by atoms with Crippen LogP contribution in [0.4, 0.5) is 5.82 Å². The summed E-state index contributed by atoms with van der Waals surface area (Å²) in [4.78, 5) is 25.6. The topological polar surface area (TPSA) is 103 Å². The Balaban J connectivity index is 2.32. The van der Waals surface area contributed by atoms with Crippen molar-refractivity contribution in [1.82, 2.24) is 10.2 Å². The minimum absolute atomic E-state index is 0.193. The highest BCUT2D eigenvalue weighted by Crippen LogP contribution is 2.45. The van der Waals surface area contributed by atoms with Gasteiger partial charge in [0.15, 0.2) is 17.3 Å². The van der Waals surface area contributed by atoms with Crippen LogP contribution in [0.25, 0.3) is 22.4 Å². The van der Waals surface area contributed by atoms with Gasteiger partial charge in [0.1, 0.15) is 5.75 Å². The van der Waals surface area contributed by atoms with Gasteiger partial charge in [0.2, 0.25) is 17.6 Å². The largest absolute Gasteiger partial charge is 0.497 e. The van der Waals surface area contributed by atoms with Gasteiger partial charge in [0.25, 0.3) is 0 Å². The summed E-state index contributed by atoms with van der Waals surface area (Å²) in [6.45, 7) is 2.62. The second-order valence-electron chi connectivity index (χ2n) is 6.81. The summed E-state index contributed by atoms with van der Waals surface area (Å²) in [5, 5.41) is 7.29. The fourth-order valence-electron chi connectivity index (χ4n) is 3.48. The van der Waals surface area contributed by atoms with Crippen LogP contribution >= 0.6 is 0 Å². The lowest BCUT2D eigenvalue weighted by molar-refractivity contribution is -0.124. The first kappa shape index (κ1) is 22.7. The number of ether oxygens (including phenoxy) is 4. The monoisotopic (exact) mass is 439 g/mol. The summed E-state index contributed by atoms with van der Waals surface area (Å²) < 4.78 is 21.6. The molecule has 0 saturated heterocycles. The molecule has 0 aliphatic rings. The van der Waals surface area contributed by atoms with Crippen molar-refractivity contribution in [3.05, 3.63) is 36.4 Å². The van der Waals surface area contributed by atoms with Gasteiger partial charge in [-0.1, -0.05) is 12.1 Å². The van der Waals surface area contributed by atoms with Crippen molar-refractivity contribution in [3.8, 4) is 45.4 Å². The minimum Gasteiger partial charge on any atom is -0.497 e. The molecule has 0 aliphatic heterocycles. The van der Waals surface area contributed by atoms with E-state index in [9.17, 15) is 9.59 Å². The smallest absolute Gasteiger partial charge is 0.231 e. The number of nitrogens with one attached hydrogen (secondary N) is 1. The summed E-state index contributed by atoms with van der Waals surface area (Å²) in [6, 6.07) is 10.8. The molecule has 0 radical (unpaired) electrons. The number of hydrogen-bond acceptors (Lipinski definition) is 7. The summed E-state index contributed by atoms with van der Waals surface area (Å²) in [5.74, 6) is 1.31. The van der Waals surface area contributed by atoms with Crippen molar-refractivity contribution < 1.29 is 28.5 Å². The SMILES string of the molecule is COc1ccc(-c2c(N(C(C)=O)C(C)=O)n[nH]c2-c2cc(OC)c(OC)c(OC)c2)cc1. The zero-order chi connectivity index (χ0) is 23.4. The molecule has 2 aromatic carbocycles. The van der Waals surface area contributed by atoms with Crippen molar-refractivity contribution in [2.24, 2.45) is 0 Å². The molecular weight excluding hydrogens is 414 g/mol. The number of aromatic nitrogens is 2. The first-order valence-corrected chi connectivity index (χ1v) is 9.70. The molecule has 1 aromatic heterocycles. The van der Waals surface area contributed by atoms with Crippen molar-refractivity contribution in [1.29, 1.82) is 0 Å². The average molecular weight is 439 g/mol. The molecule has 0 aliphatic carbocycles. The third-order valence-electron chi connectivity index (χ3n) is 4.92. The number of rotatable bonds is 7. The molecule has 0 saturated carbocycles. The quantitative estimate of drug-likeness (QED) is 0.599. The minimum atomic E-state index is -0.449. The molecule has 9 heteroatoms. The number of H-pyrrole nitrogens is 1. The lowest BCUT2D eigenvalue weighted by Gasteiger charge is -2.17. The van der Waals surface area contributed by atoms with Crippen LogP contribution in [-0.2, 0) is 9.59 Å². The molecule has 0 fully saturated rings. The predicted molar refractivity (Wildman–Crippen MR) is 120 cm³/mol. The normalized spacial score (nSPS) is 10.4. The molecule has 1 N–H and O–H groups in total. The third-order valence-corrected chi connectivity index (χ3v) is 4.92. The van der Waals surface area contributed by atoms with E-state index in [0.29, 0.717) is 39.8 Å². The zero-order valence-corrected chi connectivity index (χ0v) is 18.8. The Morgan fingerprint density at radius 2 is 1.38 bits per heavy atom. The van der Waals surface area contributed by atoms with E-state index in [2.05, 4.69) is 10.2 Å². The third kappa shape index (κ3) is 4.09. The lowest BCUT2D eigenvalue weighted by atomic mass is 9.99. The number of hydrogen-bond donors (Lipinski definition) is 1. The number of imide groups is 1. The van der Waals surface area contributed by atoms with Gasteiger partial charge < -0.3 is 18.9 Å². The molecule has 0 bridgehead atoms.